The van der Waals surface area contributed by atoms with Gasteiger partial charge in [-0.25, -0.2) is 22.0 Å². The maximum Gasteiger partial charge on any atom is 2.00 e. The number of hydrogen-bond acceptors (Lipinski definition) is 8. The quantitative estimate of drug-likeness (QED) is 0.140. The maximum absolute atomic E-state index is 10.6. The summed E-state index contributed by atoms with van der Waals surface area (Å²) in [6.07, 6.45) is 1.50. The van der Waals surface area contributed by atoms with E-state index in [4.69, 9.17) is 11.5 Å². The Morgan fingerprint density at radius 1 is 0.690 bits per heavy atom. The van der Waals surface area contributed by atoms with E-state index < -0.39 is 12.2 Å². The number of carbonyl (C=O) groups excluding carboxylic acids is 4. The van der Waals surface area contributed by atoms with Crippen molar-refractivity contribution in [2.45, 2.75) is 0 Å². The first kappa shape index (κ1) is 36.5. The SMILES string of the molecule is COC([NH-])=O.COC([NH-])=O.O=[C-]Pc1ncc(-c2ccc3cc4cc(-c5cnc(P[C-]=O)[nH]5)ccc4cc3c2)[nH]1.[V+2].[V+2]. The van der Waals surface area contributed by atoms with Crippen LogP contribution in [0.5, 0.6) is 0 Å². The zero-order chi connectivity index (χ0) is 29.1. The average Bonchev–Trinajstić information content (AvgIpc) is 3.62. The van der Waals surface area contributed by atoms with E-state index in [9.17, 15) is 19.2 Å². The number of methoxy groups -OCH3 is 2. The molecule has 0 spiro atoms. The number of imidazole rings is 2. The van der Waals surface area contributed by atoms with Crippen LogP contribution in [0.2, 0.25) is 0 Å². The van der Waals surface area contributed by atoms with E-state index in [2.05, 4.69) is 65.8 Å². The number of rotatable bonds is 6. The Bertz CT molecular complexity index is 1540. The molecule has 16 heteroatoms. The average molecular weight is 678 g/mol. The minimum absolute atomic E-state index is 0. The predicted octanol–water partition coefficient (Wildman–Crippen LogP) is 5.12. The largest absolute Gasteiger partial charge is 2.00 e. The topological polar surface area (TPSA) is 192 Å². The van der Waals surface area contributed by atoms with Gasteiger partial charge in [-0.15, -0.1) is 0 Å². The molecule has 3 aromatic carbocycles. The molecule has 5 rings (SSSR count). The molecule has 0 aliphatic heterocycles. The second-order valence-corrected chi connectivity index (χ2v) is 9.56. The summed E-state index contributed by atoms with van der Waals surface area (Å²) in [6.45, 7) is 0. The van der Waals surface area contributed by atoms with Gasteiger partial charge in [0.1, 0.15) is 0 Å². The van der Waals surface area contributed by atoms with Gasteiger partial charge in [-0.1, -0.05) is 24.3 Å². The number of nitrogens with zero attached hydrogens (tertiary/aromatic N) is 2. The molecule has 0 aliphatic carbocycles. The maximum atomic E-state index is 10.6. The van der Waals surface area contributed by atoms with Crippen molar-refractivity contribution >= 4 is 74.1 Å². The van der Waals surface area contributed by atoms with Crippen LogP contribution in [0.1, 0.15) is 0 Å². The van der Waals surface area contributed by atoms with Crippen molar-refractivity contribution in [3.05, 3.63) is 72.4 Å². The first-order chi connectivity index (χ1) is 19.3. The van der Waals surface area contributed by atoms with Crippen molar-refractivity contribution in [2.75, 3.05) is 14.2 Å². The van der Waals surface area contributed by atoms with E-state index in [1.807, 2.05) is 24.2 Å². The molecular weight excluding hydrogens is 656 g/mol. The Hall–Kier alpha value is -3.49. The molecule has 2 atom stereocenters. The van der Waals surface area contributed by atoms with E-state index >= 15 is 0 Å². The van der Waals surface area contributed by atoms with Gasteiger partial charge in [-0.05, 0) is 45.8 Å². The third-order valence-electron chi connectivity index (χ3n) is 5.28. The first-order valence-electron chi connectivity index (χ1n) is 11.2. The number of benzene rings is 3. The molecular formula is C26H22N6O6P2V2. The van der Waals surface area contributed by atoms with Gasteiger partial charge in [0.05, 0.1) is 49.1 Å². The molecule has 0 saturated carbocycles. The smallest absolute Gasteiger partial charge is 0.632 e. The Labute approximate surface area is 267 Å². The van der Waals surface area contributed by atoms with Crippen molar-refractivity contribution in [1.29, 1.82) is 0 Å². The molecule has 0 saturated heterocycles. The van der Waals surface area contributed by atoms with Gasteiger partial charge in [0.25, 0.3) is 0 Å². The zero-order valence-corrected chi connectivity index (χ0v) is 26.8. The molecule has 2 radical (unpaired) electrons. The molecule has 2 heterocycles. The number of aromatic amines is 2. The molecule has 12 nitrogen and oxygen atoms in total. The third-order valence-corrected chi connectivity index (χ3v) is 6.46. The van der Waals surface area contributed by atoms with Crippen LogP contribution in [0.3, 0.4) is 0 Å². The summed E-state index contributed by atoms with van der Waals surface area (Å²) in [7, 11) is 2.15. The second kappa shape index (κ2) is 18.1. The van der Waals surface area contributed by atoms with Crippen LogP contribution in [-0.4, -0.2) is 58.4 Å². The van der Waals surface area contributed by atoms with Gasteiger partial charge >= 0.3 is 37.1 Å². The molecule has 0 fully saturated rings. The van der Waals surface area contributed by atoms with Gasteiger partial charge in [0, 0.05) is 11.1 Å². The van der Waals surface area contributed by atoms with Crippen LogP contribution < -0.4 is 11.1 Å². The summed E-state index contributed by atoms with van der Waals surface area (Å²) in [4.78, 5) is 54.5. The molecule has 4 N–H and O–H groups in total. The normalized spacial score (nSPS) is 10.1. The zero-order valence-electron chi connectivity index (χ0n) is 22.0. The summed E-state index contributed by atoms with van der Waals surface area (Å²) in [6, 6.07) is 20.6. The van der Waals surface area contributed by atoms with E-state index in [-0.39, 0.29) is 54.3 Å². The van der Waals surface area contributed by atoms with E-state index in [1.54, 1.807) is 12.4 Å². The number of H-pyrrole nitrogens is 2. The molecule has 2 aromatic heterocycles. The molecule has 42 heavy (non-hydrogen) atoms. The molecule has 0 bridgehead atoms. The Kier molecular flexibility index (Phi) is 15.8. The fourth-order valence-electron chi connectivity index (χ4n) is 3.49. The summed E-state index contributed by atoms with van der Waals surface area (Å²) in [5, 5.41) is 4.52. The number of aromatic nitrogens is 4. The Balaban J connectivity index is 0.000000640. The Morgan fingerprint density at radius 3 is 1.36 bits per heavy atom. The van der Waals surface area contributed by atoms with E-state index in [0.717, 1.165) is 58.3 Å². The summed E-state index contributed by atoms with van der Waals surface area (Å²) in [5.41, 5.74) is 17.0. The number of ether oxygens (including phenoxy) is 2. The summed E-state index contributed by atoms with van der Waals surface area (Å²) < 4.78 is 7.56. The number of hydrogen-bond donors (Lipinski definition) is 2. The van der Waals surface area contributed by atoms with E-state index in [0.29, 0.717) is 11.1 Å². The number of fused-ring (bicyclic) bond motifs is 2. The van der Waals surface area contributed by atoms with Crippen molar-refractivity contribution < 1.29 is 65.8 Å². The van der Waals surface area contributed by atoms with Crippen LogP contribution in [0.4, 0.5) is 9.59 Å². The van der Waals surface area contributed by atoms with Crippen LogP contribution >= 0.6 is 17.2 Å². The molecule has 212 valence electrons. The monoisotopic (exact) mass is 678 g/mol. The fourth-order valence-corrected chi connectivity index (χ4v) is 4.34. The number of carbonyl (C=O) groups is 2. The second-order valence-electron chi connectivity index (χ2n) is 7.70. The van der Waals surface area contributed by atoms with Gasteiger partial charge in [0.2, 0.25) is 12.2 Å². The molecule has 2 amide bonds. The first-order valence-corrected chi connectivity index (χ1v) is 13.2. The molecule has 2 unspecified atom stereocenters. The minimum Gasteiger partial charge on any atom is -0.632 e. The summed E-state index contributed by atoms with van der Waals surface area (Å²) >= 11 is 0. The van der Waals surface area contributed by atoms with Gasteiger partial charge in [0.15, 0.2) is 0 Å². The number of nitrogens with one attached hydrogen (secondary N) is 4. The van der Waals surface area contributed by atoms with Gasteiger partial charge in [-0.3, -0.25) is 9.59 Å². The number of amides is 2. The fraction of sp³-hybridized carbons (Fsp3) is 0.0769. The third kappa shape index (κ3) is 10.4. The standard InChI is InChI=1S/C22H14N4O2P2.2C2H5NO2.2V/c27-11-29-21-23-9-19(25-21)15-3-1-13-5-18-8-16(4-2-14(18)6-17(13)7-15)20-10-24-22(26-20)30-12-28;2*1-5-2(3)4;;/h1-10,29-30H,(H,23,25)(H,24,26);2*1H3,(H2,3,4);;/q-2;;;2*+2/p-2. The van der Waals surface area contributed by atoms with Crippen LogP contribution in [0.25, 0.3) is 55.5 Å². The summed E-state index contributed by atoms with van der Waals surface area (Å²) in [5.74, 6) is 0. The van der Waals surface area contributed by atoms with Crippen molar-refractivity contribution in [3.63, 3.8) is 0 Å². The van der Waals surface area contributed by atoms with E-state index in [1.165, 1.54) is 0 Å². The Morgan fingerprint density at radius 2 is 1.05 bits per heavy atom. The van der Waals surface area contributed by atoms with Crippen LogP contribution in [0, 0.1) is 0 Å². The van der Waals surface area contributed by atoms with Gasteiger partial charge < -0.3 is 40.5 Å². The van der Waals surface area contributed by atoms with Gasteiger partial charge in [-0.2, -0.15) is 17.2 Å². The molecule has 0 aliphatic rings. The molecule has 5 aromatic rings. The predicted molar refractivity (Wildman–Crippen MR) is 157 cm³/mol. The van der Waals surface area contributed by atoms with Crippen molar-refractivity contribution in [3.8, 4) is 22.5 Å². The van der Waals surface area contributed by atoms with Crippen LogP contribution in [-0.2, 0) is 56.2 Å². The van der Waals surface area contributed by atoms with Crippen molar-refractivity contribution in [2.24, 2.45) is 0 Å². The van der Waals surface area contributed by atoms with Crippen LogP contribution in [0.15, 0.2) is 60.9 Å². The van der Waals surface area contributed by atoms with Crippen molar-refractivity contribution in [1.82, 2.24) is 19.9 Å². The minimum atomic E-state index is -0.995.